The Kier molecular flexibility index (Phi) is 4.25. The van der Waals surface area contributed by atoms with Crippen LogP contribution in [0.1, 0.15) is 39.9 Å². The quantitative estimate of drug-likeness (QED) is 0.899. The van der Waals surface area contributed by atoms with Gasteiger partial charge in [-0.25, -0.2) is 0 Å². The number of aryl methyl sites for hydroxylation is 3. The van der Waals surface area contributed by atoms with Crippen molar-refractivity contribution in [2.45, 2.75) is 33.8 Å². The lowest BCUT2D eigenvalue weighted by atomic mass is 10.1. The highest BCUT2D eigenvalue weighted by Gasteiger charge is 2.14. The van der Waals surface area contributed by atoms with Crippen molar-refractivity contribution in [2.24, 2.45) is 0 Å². The van der Waals surface area contributed by atoms with Crippen molar-refractivity contribution in [3.05, 3.63) is 52.5 Å². The minimum absolute atomic E-state index is 0.0526. The molecule has 1 heterocycles. The van der Waals surface area contributed by atoms with Crippen LogP contribution in [0.25, 0.3) is 0 Å². The van der Waals surface area contributed by atoms with Crippen LogP contribution in [0.4, 0.5) is 5.69 Å². The lowest BCUT2D eigenvalue weighted by Gasteiger charge is -2.08. The van der Waals surface area contributed by atoms with E-state index in [1.54, 1.807) is 12.1 Å². The third-order valence-corrected chi connectivity index (χ3v) is 3.30. The van der Waals surface area contributed by atoms with E-state index in [0.29, 0.717) is 11.4 Å². The molecule has 106 valence electrons. The largest absolute Gasteiger partial charge is 0.456 e. The number of carbonyl (C=O) groups excluding carboxylic acids is 1. The maximum atomic E-state index is 12.2. The molecular formula is C16H19NO3. The maximum absolute atomic E-state index is 12.2. The normalized spacial score (nSPS) is 10.6. The van der Waals surface area contributed by atoms with Crippen LogP contribution in [0.2, 0.25) is 0 Å². The molecule has 0 unspecified atom stereocenters. The Bertz CT molecular complexity index is 629. The zero-order valence-corrected chi connectivity index (χ0v) is 12.0. The van der Waals surface area contributed by atoms with Gasteiger partial charge in [-0.2, -0.15) is 0 Å². The predicted molar refractivity (Wildman–Crippen MR) is 77.9 cm³/mol. The fraction of sp³-hybridized carbons (Fsp3) is 0.312. The lowest BCUT2D eigenvalue weighted by molar-refractivity contribution is 0.0995. The molecule has 1 aromatic heterocycles. The predicted octanol–water partition coefficient (Wildman–Crippen LogP) is 3.20. The molecule has 4 heteroatoms. The smallest absolute Gasteiger partial charge is 0.291 e. The second-order valence-corrected chi connectivity index (χ2v) is 4.83. The van der Waals surface area contributed by atoms with Gasteiger partial charge in [0.2, 0.25) is 0 Å². The van der Waals surface area contributed by atoms with E-state index >= 15 is 0 Å². The van der Waals surface area contributed by atoms with Crippen LogP contribution >= 0.6 is 0 Å². The average Bonchev–Trinajstić information content (AvgIpc) is 2.82. The number of hydrogen-bond donors (Lipinski definition) is 2. The highest BCUT2D eigenvalue weighted by atomic mass is 16.4. The molecule has 0 saturated heterocycles. The highest BCUT2D eigenvalue weighted by molar-refractivity contribution is 6.02. The Morgan fingerprint density at radius 1 is 1.25 bits per heavy atom. The number of amides is 1. The van der Waals surface area contributed by atoms with Gasteiger partial charge in [0.05, 0.1) is 6.61 Å². The summed E-state index contributed by atoms with van der Waals surface area (Å²) in [5.41, 5.74) is 3.37. The number of carbonyl (C=O) groups is 1. The fourth-order valence-corrected chi connectivity index (χ4v) is 2.07. The van der Waals surface area contributed by atoms with Crippen LogP contribution < -0.4 is 5.32 Å². The van der Waals surface area contributed by atoms with Gasteiger partial charge in [-0.1, -0.05) is 19.1 Å². The van der Waals surface area contributed by atoms with Crippen LogP contribution in [0, 0.1) is 13.8 Å². The summed E-state index contributed by atoms with van der Waals surface area (Å²) in [5.74, 6) is 0.870. The number of furan rings is 1. The van der Waals surface area contributed by atoms with Gasteiger partial charge in [-0.3, -0.25) is 4.79 Å². The van der Waals surface area contributed by atoms with Crippen LogP contribution in [-0.4, -0.2) is 11.0 Å². The van der Waals surface area contributed by atoms with E-state index in [-0.39, 0.29) is 12.5 Å². The third-order valence-electron chi connectivity index (χ3n) is 3.30. The number of aliphatic hydroxyl groups is 1. The van der Waals surface area contributed by atoms with Crippen LogP contribution in [-0.2, 0) is 13.0 Å². The number of benzene rings is 1. The van der Waals surface area contributed by atoms with Gasteiger partial charge in [-0.05, 0) is 42.7 Å². The van der Waals surface area contributed by atoms with Crippen molar-refractivity contribution in [3.8, 4) is 0 Å². The molecule has 0 aliphatic heterocycles. The minimum Gasteiger partial charge on any atom is -0.456 e. The van der Waals surface area contributed by atoms with Gasteiger partial charge in [0.25, 0.3) is 5.91 Å². The molecule has 0 atom stereocenters. The highest BCUT2D eigenvalue weighted by Crippen LogP contribution is 2.20. The molecule has 0 fully saturated rings. The molecule has 0 radical (unpaired) electrons. The molecule has 0 spiro atoms. The zero-order chi connectivity index (χ0) is 14.7. The molecule has 1 amide bonds. The Balaban J connectivity index is 2.22. The Morgan fingerprint density at radius 2 is 2.00 bits per heavy atom. The molecule has 1 aromatic carbocycles. The van der Waals surface area contributed by atoms with E-state index in [1.807, 2.05) is 32.9 Å². The number of aliphatic hydroxyl groups excluding tert-OH is 1. The topological polar surface area (TPSA) is 62.5 Å². The van der Waals surface area contributed by atoms with Crippen molar-refractivity contribution in [2.75, 3.05) is 5.32 Å². The van der Waals surface area contributed by atoms with E-state index in [1.165, 1.54) is 0 Å². The lowest BCUT2D eigenvalue weighted by Crippen LogP contribution is -2.12. The number of nitrogens with one attached hydrogen (secondary N) is 1. The molecule has 2 rings (SSSR count). The Hall–Kier alpha value is -2.07. The molecule has 2 aromatic rings. The first-order valence-electron chi connectivity index (χ1n) is 6.66. The Morgan fingerprint density at radius 3 is 2.60 bits per heavy atom. The fourth-order valence-electron chi connectivity index (χ4n) is 2.07. The number of hydrogen-bond acceptors (Lipinski definition) is 3. The van der Waals surface area contributed by atoms with Crippen LogP contribution in [0.15, 0.2) is 28.7 Å². The van der Waals surface area contributed by atoms with Crippen molar-refractivity contribution in [3.63, 3.8) is 0 Å². The summed E-state index contributed by atoms with van der Waals surface area (Å²) in [6.45, 7) is 5.77. The van der Waals surface area contributed by atoms with Crippen molar-refractivity contribution >= 4 is 11.6 Å². The molecular weight excluding hydrogens is 254 g/mol. The summed E-state index contributed by atoms with van der Waals surface area (Å²) in [4.78, 5) is 12.2. The first kappa shape index (κ1) is 14.3. The second-order valence-electron chi connectivity index (χ2n) is 4.83. The monoisotopic (exact) mass is 273 g/mol. The standard InChI is InChI=1S/C16H19NO3/c1-4-14-11(3)7-15(20-14)16(19)17-13-8-12(9-18)6-5-10(13)2/h5-8,18H,4,9H2,1-3H3,(H,17,19). The first-order chi connectivity index (χ1) is 9.55. The number of rotatable bonds is 4. The first-order valence-corrected chi connectivity index (χ1v) is 6.66. The second kappa shape index (κ2) is 5.92. The summed E-state index contributed by atoms with van der Waals surface area (Å²) in [5, 5.41) is 12.0. The third kappa shape index (κ3) is 2.91. The maximum Gasteiger partial charge on any atom is 0.291 e. The van der Waals surface area contributed by atoms with Crippen molar-refractivity contribution in [1.82, 2.24) is 0 Å². The van der Waals surface area contributed by atoms with Gasteiger partial charge >= 0.3 is 0 Å². The van der Waals surface area contributed by atoms with Gasteiger partial charge in [-0.15, -0.1) is 0 Å². The summed E-state index contributed by atoms with van der Waals surface area (Å²) >= 11 is 0. The number of anilines is 1. The Labute approximate surface area is 118 Å². The van der Waals surface area contributed by atoms with Crippen LogP contribution in [0.3, 0.4) is 0 Å². The summed E-state index contributed by atoms with van der Waals surface area (Å²) in [7, 11) is 0. The van der Waals surface area contributed by atoms with Crippen molar-refractivity contribution in [1.29, 1.82) is 0 Å². The molecule has 2 N–H and O–H groups in total. The van der Waals surface area contributed by atoms with E-state index in [2.05, 4.69) is 5.32 Å². The van der Waals surface area contributed by atoms with Gasteiger partial charge < -0.3 is 14.8 Å². The van der Waals surface area contributed by atoms with E-state index < -0.39 is 0 Å². The van der Waals surface area contributed by atoms with Gasteiger partial charge in [0.1, 0.15) is 5.76 Å². The van der Waals surface area contributed by atoms with Gasteiger partial charge in [0, 0.05) is 12.1 Å². The molecule has 20 heavy (non-hydrogen) atoms. The SMILES string of the molecule is CCc1oc(C(=O)Nc2cc(CO)ccc2C)cc1C. The summed E-state index contributed by atoms with van der Waals surface area (Å²) in [6, 6.07) is 7.21. The van der Waals surface area contributed by atoms with E-state index in [9.17, 15) is 4.79 Å². The van der Waals surface area contributed by atoms with Gasteiger partial charge in [0.15, 0.2) is 5.76 Å². The van der Waals surface area contributed by atoms with E-state index in [4.69, 9.17) is 9.52 Å². The molecule has 0 aliphatic rings. The van der Waals surface area contributed by atoms with E-state index in [0.717, 1.165) is 28.9 Å². The summed E-state index contributed by atoms with van der Waals surface area (Å²) < 4.78 is 5.53. The average molecular weight is 273 g/mol. The molecule has 0 bridgehead atoms. The molecule has 4 nitrogen and oxygen atoms in total. The van der Waals surface area contributed by atoms with Crippen molar-refractivity contribution < 1.29 is 14.3 Å². The molecule has 0 aliphatic carbocycles. The van der Waals surface area contributed by atoms with Crippen LogP contribution in [0.5, 0.6) is 0 Å². The molecule has 0 saturated carbocycles. The summed E-state index contributed by atoms with van der Waals surface area (Å²) in [6.07, 6.45) is 0.762. The zero-order valence-electron chi connectivity index (χ0n) is 12.0. The minimum atomic E-state index is -0.272.